The number of anilines is 1. The van der Waals surface area contributed by atoms with E-state index in [-0.39, 0.29) is 5.92 Å². The number of rotatable bonds is 3. The summed E-state index contributed by atoms with van der Waals surface area (Å²) >= 11 is 0. The van der Waals surface area contributed by atoms with Crippen molar-refractivity contribution < 1.29 is 4.79 Å². The Morgan fingerprint density at radius 1 is 1.07 bits per heavy atom. The highest BCUT2D eigenvalue weighted by Gasteiger charge is 2.31. The van der Waals surface area contributed by atoms with Gasteiger partial charge in [0, 0.05) is 49.6 Å². The molecular weight excluding hydrogens is 362 g/mol. The highest BCUT2D eigenvalue weighted by Crippen LogP contribution is 2.29. The molecule has 1 amide bonds. The normalized spacial score (nSPS) is 20.7. The minimum absolute atomic E-state index is 0.148. The molecule has 0 spiro atoms. The summed E-state index contributed by atoms with van der Waals surface area (Å²) in [5.41, 5.74) is 2.89. The Morgan fingerprint density at radius 2 is 1.86 bits per heavy atom. The number of pyridine rings is 1. The molecule has 0 aliphatic carbocycles. The van der Waals surface area contributed by atoms with Gasteiger partial charge in [-0.05, 0) is 57.6 Å². The molecule has 0 bridgehead atoms. The van der Waals surface area contributed by atoms with Crippen LogP contribution in [0.2, 0.25) is 0 Å². The fourth-order valence-corrected chi connectivity index (χ4v) is 4.52. The number of likely N-dealkylation sites (tertiary alicyclic amines) is 1. The topological polar surface area (TPSA) is 62.2 Å². The highest BCUT2D eigenvalue weighted by molar-refractivity contribution is 5.79. The molecule has 2 fully saturated rings. The third kappa shape index (κ3) is 4.26. The predicted octanol–water partition coefficient (Wildman–Crippen LogP) is 3.63. The van der Waals surface area contributed by atoms with E-state index in [1.54, 1.807) is 6.20 Å². The lowest BCUT2D eigenvalue weighted by atomic mass is 9.92. The average Bonchev–Trinajstić information content (AvgIpc) is 2.76. The van der Waals surface area contributed by atoms with Crippen molar-refractivity contribution in [2.24, 2.45) is 11.8 Å². The van der Waals surface area contributed by atoms with Crippen LogP contribution in [0, 0.1) is 25.7 Å². The molecule has 2 saturated heterocycles. The zero-order valence-corrected chi connectivity index (χ0v) is 17.8. The van der Waals surface area contributed by atoms with Crippen molar-refractivity contribution in [1.82, 2.24) is 19.9 Å². The fourth-order valence-electron chi connectivity index (χ4n) is 4.52. The lowest BCUT2D eigenvalue weighted by Gasteiger charge is -2.37. The molecule has 0 saturated carbocycles. The number of piperidine rings is 2. The summed E-state index contributed by atoms with van der Waals surface area (Å²) in [6, 6.07) is 5.80. The summed E-state index contributed by atoms with van der Waals surface area (Å²) in [5, 5.41) is 0. The summed E-state index contributed by atoms with van der Waals surface area (Å²) in [5.74, 6) is 2.79. The largest absolute Gasteiger partial charge is 0.356 e. The van der Waals surface area contributed by atoms with Crippen LogP contribution < -0.4 is 4.90 Å². The van der Waals surface area contributed by atoms with E-state index in [2.05, 4.69) is 33.6 Å². The van der Waals surface area contributed by atoms with Crippen LogP contribution in [0.25, 0.3) is 11.5 Å². The van der Waals surface area contributed by atoms with Gasteiger partial charge in [0.15, 0.2) is 5.82 Å². The maximum absolute atomic E-state index is 13.0. The summed E-state index contributed by atoms with van der Waals surface area (Å²) in [6.45, 7) is 9.94. The van der Waals surface area contributed by atoms with E-state index < -0.39 is 0 Å². The van der Waals surface area contributed by atoms with Gasteiger partial charge in [0.1, 0.15) is 11.5 Å². The number of amides is 1. The number of carbonyl (C=O) groups excluding carboxylic acids is 1. The van der Waals surface area contributed by atoms with Crippen molar-refractivity contribution in [3.05, 3.63) is 35.7 Å². The minimum atomic E-state index is 0.148. The molecule has 0 aromatic carbocycles. The summed E-state index contributed by atoms with van der Waals surface area (Å²) < 4.78 is 0. The molecule has 6 nitrogen and oxygen atoms in total. The number of aromatic nitrogens is 3. The first-order valence-corrected chi connectivity index (χ1v) is 10.8. The first kappa shape index (κ1) is 19.8. The van der Waals surface area contributed by atoms with Gasteiger partial charge >= 0.3 is 0 Å². The van der Waals surface area contributed by atoms with Gasteiger partial charge in [-0.1, -0.05) is 13.0 Å². The van der Waals surface area contributed by atoms with Crippen molar-refractivity contribution in [3.8, 4) is 11.5 Å². The van der Waals surface area contributed by atoms with Gasteiger partial charge in [0.05, 0.1) is 0 Å². The third-order valence-corrected chi connectivity index (χ3v) is 6.37. The zero-order chi connectivity index (χ0) is 20.4. The molecule has 1 atom stereocenters. The summed E-state index contributed by atoms with van der Waals surface area (Å²) in [7, 11) is 0. The van der Waals surface area contributed by atoms with Crippen LogP contribution in [0.4, 0.5) is 5.82 Å². The molecule has 0 radical (unpaired) electrons. The van der Waals surface area contributed by atoms with Crippen LogP contribution in [-0.4, -0.2) is 51.9 Å². The van der Waals surface area contributed by atoms with Gasteiger partial charge < -0.3 is 9.80 Å². The molecule has 2 aliphatic heterocycles. The Labute approximate surface area is 173 Å². The molecule has 2 aromatic heterocycles. The second kappa shape index (κ2) is 8.47. The molecule has 29 heavy (non-hydrogen) atoms. The molecule has 0 N–H and O–H groups in total. The van der Waals surface area contributed by atoms with Crippen LogP contribution in [0.15, 0.2) is 24.4 Å². The maximum Gasteiger partial charge on any atom is 0.225 e. The Bertz CT molecular complexity index is 861. The Balaban J connectivity index is 1.47. The van der Waals surface area contributed by atoms with E-state index in [1.165, 1.54) is 6.42 Å². The van der Waals surface area contributed by atoms with Gasteiger partial charge in [-0.2, -0.15) is 0 Å². The minimum Gasteiger partial charge on any atom is -0.356 e. The number of hydrogen-bond donors (Lipinski definition) is 0. The lowest BCUT2D eigenvalue weighted by Crippen LogP contribution is -2.46. The maximum atomic E-state index is 13.0. The lowest BCUT2D eigenvalue weighted by molar-refractivity contribution is -0.137. The van der Waals surface area contributed by atoms with Crippen LogP contribution in [0.5, 0.6) is 0 Å². The molecule has 2 aliphatic rings. The molecule has 6 heteroatoms. The van der Waals surface area contributed by atoms with E-state index in [0.717, 1.165) is 68.2 Å². The predicted molar refractivity (Wildman–Crippen MR) is 115 cm³/mol. The number of nitrogens with zero attached hydrogens (tertiary/aromatic N) is 5. The van der Waals surface area contributed by atoms with E-state index in [1.807, 2.05) is 25.1 Å². The van der Waals surface area contributed by atoms with Crippen molar-refractivity contribution in [3.63, 3.8) is 0 Å². The van der Waals surface area contributed by atoms with Crippen molar-refractivity contribution in [2.45, 2.75) is 46.5 Å². The van der Waals surface area contributed by atoms with E-state index in [4.69, 9.17) is 4.98 Å². The summed E-state index contributed by atoms with van der Waals surface area (Å²) in [6.07, 6.45) is 5.94. The first-order valence-electron chi connectivity index (χ1n) is 10.8. The van der Waals surface area contributed by atoms with E-state index in [0.29, 0.717) is 17.6 Å². The molecule has 154 valence electrons. The number of aryl methyl sites for hydroxylation is 1. The Hall–Kier alpha value is -2.50. The molecule has 4 rings (SSSR count). The Morgan fingerprint density at radius 3 is 2.55 bits per heavy atom. The third-order valence-electron chi connectivity index (χ3n) is 6.37. The van der Waals surface area contributed by atoms with Crippen LogP contribution >= 0.6 is 0 Å². The van der Waals surface area contributed by atoms with Gasteiger partial charge in [0.2, 0.25) is 5.91 Å². The quantitative estimate of drug-likeness (QED) is 0.797. The van der Waals surface area contributed by atoms with Gasteiger partial charge in [-0.3, -0.25) is 9.78 Å². The molecular formula is C23H31N5O. The fraction of sp³-hybridized carbons (Fsp3) is 0.565. The highest BCUT2D eigenvalue weighted by atomic mass is 16.2. The second-order valence-electron chi connectivity index (χ2n) is 8.59. The summed E-state index contributed by atoms with van der Waals surface area (Å²) in [4.78, 5) is 31.3. The van der Waals surface area contributed by atoms with Crippen molar-refractivity contribution in [2.75, 3.05) is 31.1 Å². The van der Waals surface area contributed by atoms with Crippen LogP contribution in [-0.2, 0) is 4.79 Å². The Kier molecular flexibility index (Phi) is 5.79. The van der Waals surface area contributed by atoms with Gasteiger partial charge in [-0.15, -0.1) is 0 Å². The van der Waals surface area contributed by atoms with Crippen LogP contribution in [0.3, 0.4) is 0 Å². The van der Waals surface area contributed by atoms with Crippen LogP contribution in [0.1, 0.15) is 43.9 Å². The monoisotopic (exact) mass is 393 g/mol. The smallest absolute Gasteiger partial charge is 0.225 e. The van der Waals surface area contributed by atoms with Crippen molar-refractivity contribution in [1.29, 1.82) is 0 Å². The van der Waals surface area contributed by atoms with Gasteiger partial charge in [0.25, 0.3) is 0 Å². The van der Waals surface area contributed by atoms with Crippen molar-refractivity contribution >= 4 is 11.7 Å². The second-order valence-corrected chi connectivity index (χ2v) is 8.59. The standard InChI is InChI=1S/C23H31N5O/c1-16-7-6-12-28(15-16)23(29)19-9-13-27(14-10-19)22-17(2)18(3)25-21(26-22)20-8-4-5-11-24-20/h4-5,8,11,16,19H,6-7,9-10,12-15H2,1-3H3. The van der Waals surface area contributed by atoms with Gasteiger partial charge in [-0.25, -0.2) is 9.97 Å². The molecule has 1 unspecified atom stereocenters. The molecule has 2 aromatic rings. The number of carbonyl (C=O) groups is 1. The van der Waals surface area contributed by atoms with E-state index >= 15 is 0 Å². The average molecular weight is 394 g/mol. The zero-order valence-electron chi connectivity index (χ0n) is 17.8. The first-order chi connectivity index (χ1) is 14.0. The SMILES string of the molecule is Cc1nc(-c2ccccn2)nc(N2CCC(C(=O)N3CCCC(C)C3)CC2)c1C. The van der Waals surface area contributed by atoms with E-state index in [9.17, 15) is 4.79 Å². The number of hydrogen-bond acceptors (Lipinski definition) is 5. The molecule has 4 heterocycles.